The van der Waals surface area contributed by atoms with E-state index in [1.54, 1.807) is 22.4 Å². The third kappa shape index (κ3) is 6.08. The third-order valence-corrected chi connectivity index (χ3v) is 6.60. The fourth-order valence-corrected chi connectivity index (χ4v) is 4.48. The summed E-state index contributed by atoms with van der Waals surface area (Å²) in [6, 6.07) is 12.8. The predicted octanol–water partition coefficient (Wildman–Crippen LogP) is 7.04. The second-order valence-electron chi connectivity index (χ2n) is 8.10. The number of hydrogen-bond acceptors (Lipinski definition) is 3. The summed E-state index contributed by atoms with van der Waals surface area (Å²) in [4.78, 5) is 0. The molecule has 0 saturated heterocycles. The third-order valence-electron chi connectivity index (χ3n) is 5.45. The summed E-state index contributed by atoms with van der Waals surface area (Å²) in [5.41, 5.74) is 2.80. The van der Waals surface area contributed by atoms with Crippen molar-refractivity contribution in [1.82, 2.24) is 19.6 Å². The second kappa shape index (κ2) is 10.6. The van der Waals surface area contributed by atoms with Gasteiger partial charge in [-0.05, 0) is 71.3 Å². The zero-order valence-electron chi connectivity index (χ0n) is 19.2. The van der Waals surface area contributed by atoms with Gasteiger partial charge in [-0.3, -0.25) is 9.36 Å². The van der Waals surface area contributed by atoms with Crippen molar-refractivity contribution >= 4 is 56.4 Å². The Kier molecular flexibility index (Phi) is 7.72. The molecule has 0 atom stereocenters. The van der Waals surface area contributed by atoms with Gasteiger partial charge in [0.25, 0.3) is 0 Å². The number of anilines is 2. The number of thiocarbonyl (C=S) groups is 1. The fourth-order valence-electron chi connectivity index (χ4n) is 3.67. The molecule has 0 aliphatic heterocycles. The van der Waals surface area contributed by atoms with Gasteiger partial charge >= 0.3 is 6.18 Å². The van der Waals surface area contributed by atoms with Crippen molar-refractivity contribution in [3.05, 3.63) is 92.3 Å². The van der Waals surface area contributed by atoms with Gasteiger partial charge in [0.15, 0.2) is 10.9 Å². The van der Waals surface area contributed by atoms with Crippen LogP contribution < -0.4 is 10.6 Å². The van der Waals surface area contributed by atoms with Crippen LogP contribution in [0.15, 0.2) is 59.2 Å². The summed E-state index contributed by atoms with van der Waals surface area (Å²) in [5, 5.41) is 16.1. The molecule has 2 aromatic carbocycles. The number of nitrogens with one attached hydrogen (secondary N) is 2. The molecule has 0 unspecified atom stereocenters. The van der Waals surface area contributed by atoms with Gasteiger partial charge in [-0.25, -0.2) is 0 Å². The van der Waals surface area contributed by atoms with Crippen molar-refractivity contribution in [2.24, 2.45) is 0 Å². The minimum atomic E-state index is -4.40. The van der Waals surface area contributed by atoms with Crippen LogP contribution in [0, 0.1) is 13.8 Å². The monoisotopic (exact) mass is 596 g/mol. The number of rotatable bonds is 6. The highest BCUT2D eigenvalue weighted by Crippen LogP contribution is 2.30. The Balaban J connectivity index is 1.45. The van der Waals surface area contributed by atoms with E-state index in [4.69, 9.17) is 23.8 Å². The molecule has 0 aliphatic carbocycles. The molecule has 0 aliphatic rings. The minimum Gasteiger partial charge on any atom is -0.329 e. The van der Waals surface area contributed by atoms with Crippen LogP contribution in [0.25, 0.3) is 0 Å². The predicted molar refractivity (Wildman–Crippen MR) is 143 cm³/mol. The number of halogens is 5. The lowest BCUT2D eigenvalue weighted by molar-refractivity contribution is -0.137. The maximum absolute atomic E-state index is 13.1. The lowest BCUT2D eigenvalue weighted by atomic mass is 10.1. The van der Waals surface area contributed by atoms with Gasteiger partial charge < -0.3 is 10.6 Å². The Morgan fingerprint density at radius 3 is 2.53 bits per heavy atom. The van der Waals surface area contributed by atoms with Crippen molar-refractivity contribution in [2.45, 2.75) is 33.1 Å². The van der Waals surface area contributed by atoms with Crippen LogP contribution >= 0.6 is 39.7 Å². The van der Waals surface area contributed by atoms with E-state index in [9.17, 15) is 13.2 Å². The van der Waals surface area contributed by atoms with Gasteiger partial charge in [-0.15, -0.1) is 0 Å². The molecule has 188 valence electrons. The smallest absolute Gasteiger partial charge is 0.329 e. The van der Waals surface area contributed by atoms with E-state index in [0.29, 0.717) is 43.9 Å². The maximum Gasteiger partial charge on any atom is 0.416 e. The van der Waals surface area contributed by atoms with Crippen LogP contribution in [-0.4, -0.2) is 24.7 Å². The largest absolute Gasteiger partial charge is 0.416 e. The highest BCUT2D eigenvalue weighted by Gasteiger charge is 2.30. The van der Waals surface area contributed by atoms with Gasteiger partial charge in [-0.1, -0.05) is 41.9 Å². The Morgan fingerprint density at radius 1 is 1.06 bits per heavy atom. The van der Waals surface area contributed by atoms with Crippen molar-refractivity contribution in [2.75, 3.05) is 10.6 Å². The van der Waals surface area contributed by atoms with E-state index in [2.05, 4.69) is 36.8 Å². The Hall–Kier alpha value is -2.89. The zero-order valence-corrected chi connectivity index (χ0v) is 22.4. The van der Waals surface area contributed by atoms with Gasteiger partial charge in [0.05, 0.1) is 40.2 Å². The summed E-state index contributed by atoms with van der Waals surface area (Å²) in [7, 11) is 0. The molecule has 0 saturated carbocycles. The van der Waals surface area contributed by atoms with Crippen molar-refractivity contribution < 1.29 is 13.2 Å². The average molecular weight is 598 g/mol. The number of aromatic nitrogens is 4. The second-order valence-corrected chi connectivity index (χ2v) is 9.77. The normalized spacial score (nSPS) is 11.5. The van der Waals surface area contributed by atoms with Crippen molar-refractivity contribution in [1.29, 1.82) is 0 Å². The van der Waals surface area contributed by atoms with Crippen LogP contribution in [0.1, 0.15) is 28.1 Å². The van der Waals surface area contributed by atoms with Crippen LogP contribution in [0.2, 0.25) is 5.02 Å². The van der Waals surface area contributed by atoms with E-state index in [1.165, 1.54) is 6.07 Å². The van der Waals surface area contributed by atoms with Crippen molar-refractivity contribution in [3.8, 4) is 0 Å². The molecule has 0 fully saturated rings. The molecule has 12 heteroatoms. The Bertz CT molecular complexity index is 1420. The first-order chi connectivity index (χ1) is 17.0. The van der Waals surface area contributed by atoms with Crippen LogP contribution in [-0.2, 0) is 19.3 Å². The lowest BCUT2D eigenvalue weighted by Gasteiger charge is -2.11. The molecule has 0 radical (unpaired) electrons. The van der Waals surface area contributed by atoms with E-state index < -0.39 is 11.7 Å². The molecule has 2 heterocycles. The van der Waals surface area contributed by atoms with Crippen LogP contribution in [0.4, 0.5) is 24.7 Å². The van der Waals surface area contributed by atoms with Gasteiger partial charge in [0, 0.05) is 11.2 Å². The number of hydrogen-bond donors (Lipinski definition) is 2. The van der Waals surface area contributed by atoms with E-state index in [0.717, 1.165) is 23.4 Å². The average Bonchev–Trinajstić information content (AvgIpc) is 3.28. The summed E-state index contributed by atoms with van der Waals surface area (Å²) < 4.78 is 43.3. The number of alkyl halides is 3. The Morgan fingerprint density at radius 2 is 1.81 bits per heavy atom. The summed E-state index contributed by atoms with van der Waals surface area (Å²) in [6.45, 7) is 4.30. The van der Waals surface area contributed by atoms with Crippen LogP contribution in [0.5, 0.6) is 0 Å². The van der Waals surface area contributed by atoms with Crippen molar-refractivity contribution in [3.63, 3.8) is 0 Å². The molecule has 0 amide bonds. The Labute approximate surface area is 224 Å². The quantitative estimate of drug-likeness (QED) is 0.234. The molecule has 4 rings (SSSR count). The minimum absolute atomic E-state index is 0.191. The molecule has 36 heavy (non-hydrogen) atoms. The molecule has 6 nitrogen and oxygen atoms in total. The lowest BCUT2D eigenvalue weighted by Crippen LogP contribution is -2.20. The number of benzene rings is 2. The van der Waals surface area contributed by atoms with Crippen LogP contribution in [0.3, 0.4) is 0 Å². The first-order valence-corrected chi connectivity index (χ1v) is 12.3. The fraction of sp³-hybridized carbons (Fsp3) is 0.208. The zero-order chi connectivity index (χ0) is 26.0. The summed E-state index contributed by atoms with van der Waals surface area (Å²) >= 11 is 15.2. The molecule has 2 N–H and O–H groups in total. The topological polar surface area (TPSA) is 59.7 Å². The first kappa shape index (κ1) is 26.2. The molecule has 4 aromatic rings. The SMILES string of the molecule is Cc1nn(Cc2cccc(C(F)(F)F)c2)c(C)c1NC(=S)Nc1nn(Cc2ccccc2Cl)cc1Br. The molecule has 2 aromatic heterocycles. The van der Waals surface area contributed by atoms with E-state index in [1.807, 2.05) is 37.4 Å². The molecular weight excluding hydrogens is 577 g/mol. The standard InChI is InChI=1S/C24H21BrClF3N6S/c1-14-21(15(2)35(32-14)11-16-6-5-8-18(10-16)24(27,28)29)30-23(36)31-22-19(25)13-34(33-22)12-17-7-3-4-9-20(17)26/h3-10,13H,11-12H2,1-2H3,(H2,30,31,33,36). The molecular formula is C24H21BrClF3N6S. The first-order valence-electron chi connectivity index (χ1n) is 10.8. The highest BCUT2D eigenvalue weighted by molar-refractivity contribution is 9.10. The van der Waals surface area contributed by atoms with E-state index in [-0.39, 0.29) is 6.54 Å². The van der Waals surface area contributed by atoms with E-state index >= 15 is 0 Å². The number of aryl methyl sites for hydroxylation is 1. The molecule has 0 spiro atoms. The maximum atomic E-state index is 13.1. The summed E-state index contributed by atoms with van der Waals surface area (Å²) in [5.74, 6) is 0.520. The number of nitrogens with zero attached hydrogens (tertiary/aromatic N) is 4. The molecule has 0 bridgehead atoms. The van der Waals surface area contributed by atoms with Gasteiger partial charge in [0.1, 0.15) is 0 Å². The summed E-state index contributed by atoms with van der Waals surface area (Å²) in [6.07, 6.45) is -2.58. The highest BCUT2D eigenvalue weighted by atomic mass is 79.9. The van der Waals surface area contributed by atoms with Gasteiger partial charge in [0.2, 0.25) is 0 Å². The van der Waals surface area contributed by atoms with Gasteiger partial charge in [-0.2, -0.15) is 23.4 Å².